The third kappa shape index (κ3) is 2.96. The highest BCUT2D eigenvalue weighted by molar-refractivity contribution is 4.74. The quantitative estimate of drug-likeness (QED) is 0.705. The van der Waals surface area contributed by atoms with E-state index in [0.717, 1.165) is 25.0 Å². The number of hydrogen-bond donors (Lipinski definition) is 1. The van der Waals surface area contributed by atoms with Crippen LogP contribution in [0.2, 0.25) is 0 Å². The molecule has 0 unspecified atom stereocenters. The molecule has 2 saturated heterocycles. The van der Waals surface area contributed by atoms with E-state index in [4.69, 9.17) is 4.74 Å². The van der Waals surface area contributed by atoms with Crippen LogP contribution in [0.4, 0.5) is 0 Å². The van der Waals surface area contributed by atoms with Gasteiger partial charge in [0.1, 0.15) is 0 Å². The monoisotopic (exact) mass is 183 g/mol. The van der Waals surface area contributed by atoms with Crippen molar-refractivity contribution < 1.29 is 4.74 Å². The van der Waals surface area contributed by atoms with Gasteiger partial charge in [-0.1, -0.05) is 0 Å². The second-order valence-electron chi connectivity index (χ2n) is 4.50. The van der Waals surface area contributed by atoms with Crippen LogP contribution >= 0.6 is 0 Å². The minimum absolute atomic E-state index is 0.955. The van der Waals surface area contributed by atoms with Crippen molar-refractivity contribution in [1.29, 1.82) is 0 Å². The summed E-state index contributed by atoms with van der Waals surface area (Å²) in [7, 11) is 0. The van der Waals surface area contributed by atoms with Crippen LogP contribution in [0, 0.1) is 11.8 Å². The van der Waals surface area contributed by atoms with Crippen molar-refractivity contribution in [1.82, 2.24) is 5.32 Å². The Morgan fingerprint density at radius 1 is 1.08 bits per heavy atom. The van der Waals surface area contributed by atoms with Crippen LogP contribution < -0.4 is 5.32 Å². The molecule has 2 heteroatoms. The Hall–Kier alpha value is -0.0800. The second-order valence-corrected chi connectivity index (χ2v) is 4.50. The summed E-state index contributed by atoms with van der Waals surface area (Å²) in [5, 5.41) is 3.49. The van der Waals surface area contributed by atoms with Crippen molar-refractivity contribution in [3.8, 4) is 0 Å². The number of hydrogen-bond acceptors (Lipinski definition) is 2. The van der Waals surface area contributed by atoms with Gasteiger partial charge in [-0.25, -0.2) is 0 Å². The molecule has 1 N–H and O–H groups in total. The zero-order valence-corrected chi connectivity index (χ0v) is 8.43. The molecule has 0 aromatic carbocycles. The van der Waals surface area contributed by atoms with Gasteiger partial charge in [-0.15, -0.1) is 0 Å². The minimum atomic E-state index is 0.955. The largest absolute Gasteiger partial charge is 0.381 e. The van der Waals surface area contributed by atoms with Crippen molar-refractivity contribution >= 4 is 0 Å². The van der Waals surface area contributed by atoms with Crippen LogP contribution in [0.15, 0.2) is 0 Å². The Balaban J connectivity index is 1.69. The van der Waals surface area contributed by atoms with Crippen molar-refractivity contribution in [3.63, 3.8) is 0 Å². The number of nitrogens with one attached hydrogen (secondary N) is 1. The van der Waals surface area contributed by atoms with E-state index in [-0.39, 0.29) is 0 Å². The van der Waals surface area contributed by atoms with Gasteiger partial charge < -0.3 is 10.1 Å². The molecule has 2 aliphatic rings. The summed E-state index contributed by atoms with van der Waals surface area (Å²) < 4.78 is 5.37. The lowest BCUT2D eigenvalue weighted by Crippen LogP contribution is -2.31. The molecule has 13 heavy (non-hydrogen) atoms. The molecule has 0 saturated carbocycles. The Morgan fingerprint density at radius 2 is 1.92 bits per heavy atom. The van der Waals surface area contributed by atoms with Crippen LogP contribution in [0.25, 0.3) is 0 Å². The first-order valence-electron chi connectivity index (χ1n) is 5.73. The summed E-state index contributed by atoms with van der Waals surface area (Å²) in [6.45, 7) is 4.51. The normalized spacial score (nSPS) is 31.8. The Morgan fingerprint density at radius 3 is 2.62 bits per heavy atom. The molecule has 0 spiro atoms. The van der Waals surface area contributed by atoms with Gasteiger partial charge in [-0.3, -0.25) is 0 Å². The van der Waals surface area contributed by atoms with Crippen LogP contribution in [-0.4, -0.2) is 26.3 Å². The predicted octanol–water partition coefficient (Wildman–Crippen LogP) is 1.80. The smallest absolute Gasteiger partial charge is 0.0468 e. The van der Waals surface area contributed by atoms with Gasteiger partial charge >= 0.3 is 0 Å². The van der Waals surface area contributed by atoms with E-state index in [9.17, 15) is 0 Å². The third-order valence-electron chi connectivity index (χ3n) is 3.41. The standard InChI is InChI=1S/C11H21NO/c1-2-11(9-12-5-1)8-10-3-6-13-7-4-10/h10-12H,1-9H2/t11-/m0/s1. The van der Waals surface area contributed by atoms with E-state index >= 15 is 0 Å². The van der Waals surface area contributed by atoms with Crippen molar-refractivity contribution in [2.24, 2.45) is 11.8 Å². The Bertz CT molecular complexity index is 121. The highest BCUT2D eigenvalue weighted by Crippen LogP contribution is 2.26. The Labute approximate surface area is 81.0 Å². The van der Waals surface area contributed by atoms with Gasteiger partial charge in [-0.2, -0.15) is 0 Å². The highest BCUT2D eigenvalue weighted by Gasteiger charge is 2.20. The highest BCUT2D eigenvalue weighted by atomic mass is 16.5. The summed E-state index contributed by atoms with van der Waals surface area (Å²) >= 11 is 0. The molecule has 0 radical (unpaired) electrons. The first-order chi connectivity index (χ1) is 6.45. The number of piperidine rings is 1. The molecular formula is C11H21NO. The molecule has 2 aliphatic heterocycles. The van der Waals surface area contributed by atoms with E-state index in [1.165, 1.54) is 45.2 Å². The molecular weight excluding hydrogens is 162 g/mol. The summed E-state index contributed by atoms with van der Waals surface area (Å²) in [6.07, 6.45) is 6.88. The fourth-order valence-corrected chi connectivity index (χ4v) is 2.58. The van der Waals surface area contributed by atoms with E-state index in [0.29, 0.717) is 0 Å². The molecule has 2 rings (SSSR count). The summed E-state index contributed by atoms with van der Waals surface area (Å²) in [5.74, 6) is 1.91. The average molecular weight is 183 g/mol. The summed E-state index contributed by atoms with van der Waals surface area (Å²) in [4.78, 5) is 0. The maximum atomic E-state index is 5.37. The molecule has 1 atom stereocenters. The lowest BCUT2D eigenvalue weighted by atomic mass is 9.85. The molecule has 2 nitrogen and oxygen atoms in total. The summed E-state index contributed by atoms with van der Waals surface area (Å²) in [5.41, 5.74) is 0. The Kier molecular flexibility index (Phi) is 3.62. The molecule has 0 bridgehead atoms. The summed E-state index contributed by atoms with van der Waals surface area (Å²) in [6, 6.07) is 0. The maximum absolute atomic E-state index is 5.37. The molecule has 76 valence electrons. The minimum Gasteiger partial charge on any atom is -0.381 e. The predicted molar refractivity (Wildman–Crippen MR) is 53.8 cm³/mol. The molecule has 0 amide bonds. The van der Waals surface area contributed by atoms with E-state index in [1.807, 2.05) is 0 Å². The van der Waals surface area contributed by atoms with Gasteiger partial charge in [0.25, 0.3) is 0 Å². The van der Waals surface area contributed by atoms with Gasteiger partial charge in [0, 0.05) is 13.2 Å². The van der Waals surface area contributed by atoms with Crippen molar-refractivity contribution in [2.75, 3.05) is 26.3 Å². The van der Waals surface area contributed by atoms with Gasteiger partial charge in [0.15, 0.2) is 0 Å². The molecule has 0 aromatic rings. The van der Waals surface area contributed by atoms with Crippen LogP contribution in [0.1, 0.15) is 32.1 Å². The first-order valence-corrected chi connectivity index (χ1v) is 5.73. The fraction of sp³-hybridized carbons (Fsp3) is 1.00. The first kappa shape index (κ1) is 9.47. The SMILES string of the molecule is C1CNC[C@H](CC2CCOCC2)C1. The number of rotatable bonds is 2. The molecule has 2 fully saturated rings. The van der Waals surface area contributed by atoms with E-state index in [2.05, 4.69) is 5.32 Å². The maximum Gasteiger partial charge on any atom is 0.0468 e. The zero-order valence-electron chi connectivity index (χ0n) is 8.43. The van der Waals surface area contributed by atoms with Crippen LogP contribution in [0.5, 0.6) is 0 Å². The molecule has 0 aromatic heterocycles. The lowest BCUT2D eigenvalue weighted by molar-refractivity contribution is 0.0571. The van der Waals surface area contributed by atoms with Crippen molar-refractivity contribution in [3.05, 3.63) is 0 Å². The molecule has 2 heterocycles. The van der Waals surface area contributed by atoms with Crippen LogP contribution in [-0.2, 0) is 4.74 Å². The second kappa shape index (κ2) is 4.97. The third-order valence-corrected chi connectivity index (χ3v) is 3.41. The van der Waals surface area contributed by atoms with Gasteiger partial charge in [-0.05, 0) is 57.0 Å². The molecule has 0 aliphatic carbocycles. The van der Waals surface area contributed by atoms with Crippen LogP contribution in [0.3, 0.4) is 0 Å². The fourth-order valence-electron chi connectivity index (χ4n) is 2.58. The van der Waals surface area contributed by atoms with Gasteiger partial charge in [0.05, 0.1) is 0 Å². The van der Waals surface area contributed by atoms with Gasteiger partial charge in [0.2, 0.25) is 0 Å². The number of ether oxygens (including phenoxy) is 1. The topological polar surface area (TPSA) is 21.3 Å². The van der Waals surface area contributed by atoms with E-state index in [1.54, 1.807) is 0 Å². The van der Waals surface area contributed by atoms with E-state index < -0.39 is 0 Å². The zero-order chi connectivity index (χ0) is 8.93. The van der Waals surface area contributed by atoms with Crippen molar-refractivity contribution in [2.45, 2.75) is 32.1 Å². The average Bonchev–Trinajstić information content (AvgIpc) is 2.21. The lowest BCUT2D eigenvalue weighted by Gasteiger charge is -2.29.